The van der Waals surface area contributed by atoms with E-state index < -0.39 is 0 Å². The van der Waals surface area contributed by atoms with Crippen LogP contribution in [0.3, 0.4) is 0 Å². The summed E-state index contributed by atoms with van der Waals surface area (Å²) in [6, 6.07) is 10.4. The molecule has 3 rings (SSSR count). The van der Waals surface area contributed by atoms with Crippen LogP contribution in [0.4, 0.5) is 0 Å². The molecule has 1 aromatic carbocycles. The van der Waals surface area contributed by atoms with Gasteiger partial charge in [0.25, 0.3) is 0 Å². The average molecular weight is 288 g/mol. The van der Waals surface area contributed by atoms with E-state index in [1.807, 2.05) is 6.07 Å². The standard InChI is InChI=1S/C16H20N2OS/c1-18(9-13-7-8-19-11-13)10-15-12-20-16(17-15)14-5-3-2-4-6-14/h2-6,12-13H,7-11H2,1H3/t13-/m1/s1. The van der Waals surface area contributed by atoms with Crippen LogP contribution in [0.5, 0.6) is 0 Å². The molecule has 3 nitrogen and oxygen atoms in total. The molecule has 1 aliphatic heterocycles. The zero-order valence-corrected chi connectivity index (χ0v) is 12.6. The molecule has 0 unspecified atom stereocenters. The first-order valence-corrected chi connectivity index (χ1v) is 7.95. The lowest BCUT2D eigenvalue weighted by molar-refractivity contribution is 0.172. The maximum absolute atomic E-state index is 5.43. The number of aromatic nitrogens is 1. The molecule has 0 N–H and O–H groups in total. The second-order valence-electron chi connectivity index (χ2n) is 5.44. The van der Waals surface area contributed by atoms with E-state index >= 15 is 0 Å². The van der Waals surface area contributed by atoms with E-state index in [0.29, 0.717) is 5.92 Å². The van der Waals surface area contributed by atoms with Gasteiger partial charge in [-0.05, 0) is 19.4 Å². The van der Waals surface area contributed by atoms with E-state index in [9.17, 15) is 0 Å². The summed E-state index contributed by atoms with van der Waals surface area (Å²) in [5.41, 5.74) is 2.37. The summed E-state index contributed by atoms with van der Waals surface area (Å²) in [7, 11) is 2.17. The van der Waals surface area contributed by atoms with Gasteiger partial charge in [0, 0.05) is 30.6 Å². The highest BCUT2D eigenvalue weighted by molar-refractivity contribution is 7.13. The molecule has 106 valence electrons. The molecule has 20 heavy (non-hydrogen) atoms. The molecule has 0 spiro atoms. The molecule has 0 bridgehead atoms. The summed E-state index contributed by atoms with van der Waals surface area (Å²) < 4.78 is 5.43. The Balaban J connectivity index is 1.59. The van der Waals surface area contributed by atoms with Crippen molar-refractivity contribution in [2.24, 2.45) is 5.92 Å². The maximum atomic E-state index is 5.43. The SMILES string of the molecule is CN(Cc1csc(-c2ccccc2)n1)C[C@H]1CCOC1. The van der Waals surface area contributed by atoms with Gasteiger partial charge in [-0.25, -0.2) is 4.98 Å². The molecule has 0 saturated carbocycles. The number of benzene rings is 1. The fraction of sp³-hybridized carbons (Fsp3) is 0.438. The number of hydrogen-bond acceptors (Lipinski definition) is 4. The third-order valence-corrected chi connectivity index (χ3v) is 4.54. The Kier molecular flexibility index (Phi) is 4.45. The van der Waals surface area contributed by atoms with Crippen LogP contribution in [0.25, 0.3) is 10.6 Å². The van der Waals surface area contributed by atoms with Crippen LogP contribution in [0.2, 0.25) is 0 Å². The van der Waals surface area contributed by atoms with Gasteiger partial charge in [0.15, 0.2) is 0 Å². The molecule has 1 saturated heterocycles. The maximum Gasteiger partial charge on any atom is 0.123 e. The monoisotopic (exact) mass is 288 g/mol. The number of nitrogens with zero attached hydrogens (tertiary/aromatic N) is 2. The van der Waals surface area contributed by atoms with Crippen molar-refractivity contribution in [3.05, 3.63) is 41.4 Å². The highest BCUT2D eigenvalue weighted by Gasteiger charge is 2.18. The summed E-state index contributed by atoms with van der Waals surface area (Å²) in [6.07, 6.45) is 1.19. The summed E-state index contributed by atoms with van der Waals surface area (Å²) in [4.78, 5) is 7.09. The molecule has 0 amide bonds. The molecule has 1 atom stereocenters. The van der Waals surface area contributed by atoms with E-state index in [1.165, 1.54) is 12.0 Å². The van der Waals surface area contributed by atoms with Gasteiger partial charge in [-0.2, -0.15) is 0 Å². The molecular formula is C16H20N2OS. The molecule has 1 fully saturated rings. The van der Waals surface area contributed by atoms with E-state index in [-0.39, 0.29) is 0 Å². The average Bonchev–Trinajstić information content (AvgIpc) is 3.11. The van der Waals surface area contributed by atoms with Crippen LogP contribution in [0.1, 0.15) is 12.1 Å². The van der Waals surface area contributed by atoms with Crippen molar-refractivity contribution in [3.63, 3.8) is 0 Å². The lowest BCUT2D eigenvalue weighted by atomic mass is 10.1. The molecule has 1 aliphatic rings. The van der Waals surface area contributed by atoms with Crippen LogP contribution < -0.4 is 0 Å². The Labute approximate surface area is 124 Å². The van der Waals surface area contributed by atoms with Gasteiger partial charge in [-0.15, -0.1) is 11.3 Å². The quantitative estimate of drug-likeness (QED) is 0.844. The predicted octanol–water partition coefficient (Wildman–Crippen LogP) is 3.28. The highest BCUT2D eigenvalue weighted by atomic mass is 32.1. The molecule has 2 aromatic rings. The van der Waals surface area contributed by atoms with Crippen molar-refractivity contribution < 1.29 is 4.74 Å². The van der Waals surface area contributed by atoms with Crippen LogP contribution in [0.15, 0.2) is 35.7 Å². The Hall–Kier alpha value is -1.23. The largest absolute Gasteiger partial charge is 0.381 e. The number of hydrogen-bond donors (Lipinski definition) is 0. The smallest absolute Gasteiger partial charge is 0.123 e. The van der Waals surface area contributed by atoms with E-state index in [4.69, 9.17) is 9.72 Å². The Bertz CT molecular complexity index is 534. The van der Waals surface area contributed by atoms with Crippen molar-refractivity contribution in [2.45, 2.75) is 13.0 Å². The van der Waals surface area contributed by atoms with Crippen LogP contribution in [0, 0.1) is 5.92 Å². The Morgan fingerprint density at radius 2 is 2.20 bits per heavy atom. The zero-order chi connectivity index (χ0) is 13.8. The molecular weight excluding hydrogens is 268 g/mol. The summed E-state index contributed by atoms with van der Waals surface area (Å²) in [5.74, 6) is 0.687. The fourth-order valence-corrected chi connectivity index (χ4v) is 3.42. The van der Waals surface area contributed by atoms with Gasteiger partial charge < -0.3 is 9.64 Å². The minimum absolute atomic E-state index is 0.687. The van der Waals surface area contributed by atoms with Crippen LogP contribution in [-0.2, 0) is 11.3 Å². The van der Waals surface area contributed by atoms with Crippen molar-refractivity contribution >= 4 is 11.3 Å². The predicted molar refractivity (Wildman–Crippen MR) is 82.8 cm³/mol. The van der Waals surface area contributed by atoms with Gasteiger partial charge in [0.1, 0.15) is 5.01 Å². The summed E-state index contributed by atoms with van der Waals surface area (Å²) in [6.45, 7) is 3.85. The van der Waals surface area contributed by atoms with Gasteiger partial charge in [0.05, 0.1) is 12.3 Å². The van der Waals surface area contributed by atoms with Crippen LogP contribution in [-0.4, -0.2) is 36.7 Å². The number of rotatable bonds is 5. The van der Waals surface area contributed by atoms with Crippen molar-refractivity contribution in [3.8, 4) is 10.6 Å². The highest BCUT2D eigenvalue weighted by Crippen LogP contribution is 2.24. The van der Waals surface area contributed by atoms with Gasteiger partial charge in [0.2, 0.25) is 0 Å². The van der Waals surface area contributed by atoms with Crippen molar-refractivity contribution in [2.75, 3.05) is 26.8 Å². The first-order chi connectivity index (χ1) is 9.81. The van der Waals surface area contributed by atoms with Crippen molar-refractivity contribution in [1.29, 1.82) is 0 Å². The van der Waals surface area contributed by atoms with Gasteiger partial charge in [-0.1, -0.05) is 30.3 Å². The molecule has 4 heteroatoms. The zero-order valence-electron chi connectivity index (χ0n) is 11.8. The minimum Gasteiger partial charge on any atom is -0.381 e. The minimum atomic E-state index is 0.687. The van der Waals surface area contributed by atoms with Gasteiger partial charge >= 0.3 is 0 Å². The third kappa shape index (κ3) is 3.45. The Morgan fingerprint density at radius 1 is 1.35 bits per heavy atom. The third-order valence-electron chi connectivity index (χ3n) is 3.60. The summed E-state index contributed by atoms with van der Waals surface area (Å²) >= 11 is 1.72. The molecule has 1 aromatic heterocycles. The second kappa shape index (κ2) is 6.48. The Morgan fingerprint density at radius 3 is 2.95 bits per heavy atom. The molecule has 2 heterocycles. The first-order valence-electron chi connectivity index (χ1n) is 7.07. The first kappa shape index (κ1) is 13.7. The number of ether oxygens (including phenoxy) is 1. The number of thiazole rings is 1. The van der Waals surface area contributed by atoms with Crippen molar-refractivity contribution in [1.82, 2.24) is 9.88 Å². The normalized spacial score (nSPS) is 18.8. The van der Waals surface area contributed by atoms with Crippen LogP contribution >= 0.6 is 11.3 Å². The fourth-order valence-electron chi connectivity index (χ4n) is 2.60. The lowest BCUT2D eigenvalue weighted by Crippen LogP contribution is -2.25. The summed E-state index contributed by atoms with van der Waals surface area (Å²) in [5, 5.41) is 3.28. The van der Waals surface area contributed by atoms with E-state index in [1.54, 1.807) is 11.3 Å². The van der Waals surface area contributed by atoms with E-state index in [0.717, 1.165) is 37.0 Å². The molecule has 0 radical (unpaired) electrons. The topological polar surface area (TPSA) is 25.4 Å². The van der Waals surface area contributed by atoms with Gasteiger partial charge in [-0.3, -0.25) is 0 Å². The molecule has 0 aliphatic carbocycles. The lowest BCUT2D eigenvalue weighted by Gasteiger charge is -2.18. The second-order valence-corrected chi connectivity index (χ2v) is 6.29. The van der Waals surface area contributed by atoms with E-state index in [2.05, 4.69) is 41.6 Å².